The molecule has 0 rings (SSSR count). The summed E-state index contributed by atoms with van der Waals surface area (Å²) in [5.41, 5.74) is 0. The smallest absolute Gasteiger partial charge is 0.462 e. The van der Waals surface area contributed by atoms with E-state index in [0.29, 0.717) is 37.5 Å². The zero-order chi connectivity index (χ0) is 62.5. The first-order valence-corrected chi connectivity index (χ1v) is 36.7. The van der Waals surface area contributed by atoms with Crippen LogP contribution in [-0.2, 0) is 65.4 Å². The van der Waals surface area contributed by atoms with Crippen LogP contribution in [0.15, 0.2) is 0 Å². The molecule has 498 valence electrons. The molecule has 0 aromatic carbocycles. The first-order valence-electron chi connectivity index (χ1n) is 33.7. The second-order valence-electron chi connectivity index (χ2n) is 25.4. The lowest BCUT2D eigenvalue weighted by molar-refractivity contribution is -0.161. The lowest BCUT2D eigenvalue weighted by atomic mass is 10.0. The van der Waals surface area contributed by atoms with E-state index in [1.807, 2.05) is 0 Å². The normalized spacial score (nSPS) is 14.4. The topological polar surface area (TPSA) is 237 Å². The van der Waals surface area contributed by atoms with Crippen molar-refractivity contribution in [3.8, 4) is 0 Å². The van der Waals surface area contributed by atoms with E-state index in [4.69, 9.17) is 37.0 Å². The molecule has 84 heavy (non-hydrogen) atoms. The molecule has 5 atom stereocenters. The summed E-state index contributed by atoms with van der Waals surface area (Å²) in [5.74, 6) is 0.730. The van der Waals surface area contributed by atoms with Crippen LogP contribution in [0.2, 0.25) is 0 Å². The highest BCUT2D eigenvalue weighted by molar-refractivity contribution is 7.47. The van der Waals surface area contributed by atoms with Gasteiger partial charge in [0.05, 0.1) is 26.4 Å². The Morgan fingerprint density at radius 2 is 0.500 bits per heavy atom. The zero-order valence-corrected chi connectivity index (χ0v) is 56.3. The summed E-state index contributed by atoms with van der Waals surface area (Å²) in [7, 11) is -9.89. The molecule has 0 bridgehead atoms. The number of phosphoric ester groups is 2. The number of phosphoric acid groups is 2. The number of hydrogen-bond acceptors (Lipinski definition) is 15. The third-order valence-corrected chi connectivity index (χ3v) is 16.7. The molecule has 2 unspecified atom stereocenters. The highest BCUT2D eigenvalue weighted by Crippen LogP contribution is 2.45. The predicted octanol–water partition coefficient (Wildman–Crippen LogP) is 17.8. The summed E-state index contributed by atoms with van der Waals surface area (Å²) >= 11 is 0. The van der Waals surface area contributed by atoms with Gasteiger partial charge in [-0.2, -0.15) is 0 Å². The van der Waals surface area contributed by atoms with E-state index in [-0.39, 0.29) is 25.7 Å². The summed E-state index contributed by atoms with van der Waals surface area (Å²) in [6, 6.07) is 0. The first kappa shape index (κ1) is 82.1. The molecule has 0 saturated carbocycles. The number of rotatable bonds is 62. The van der Waals surface area contributed by atoms with Gasteiger partial charge in [0.25, 0.3) is 0 Å². The van der Waals surface area contributed by atoms with Crippen LogP contribution in [0.3, 0.4) is 0 Å². The minimum absolute atomic E-state index is 0.102. The molecule has 0 radical (unpaired) electrons. The van der Waals surface area contributed by atoms with Crippen molar-refractivity contribution in [2.75, 3.05) is 39.6 Å². The van der Waals surface area contributed by atoms with E-state index in [0.717, 1.165) is 108 Å². The lowest BCUT2D eigenvalue weighted by Gasteiger charge is -2.21. The van der Waals surface area contributed by atoms with Crippen molar-refractivity contribution < 1.29 is 80.2 Å². The van der Waals surface area contributed by atoms with Crippen LogP contribution in [0, 0.1) is 23.7 Å². The third kappa shape index (κ3) is 59.0. The molecule has 0 heterocycles. The summed E-state index contributed by atoms with van der Waals surface area (Å²) in [4.78, 5) is 72.2. The number of aliphatic hydroxyl groups excluding tert-OH is 1. The Morgan fingerprint density at radius 3 is 0.738 bits per heavy atom. The summed E-state index contributed by atoms with van der Waals surface area (Å²) in [6.07, 6.45) is 35.1. The highest BCUT2D eigenvalue weighted by Gasteiger charge is 2.30. The number of esters is 4. The first-order chi connectivity index (χ1) is 40.1. The molecule has 0 fully saturated rings. The number of carbonyl (C=O) groups excluding carboxylic acids is 4. The molecule has 0 aromatic rings. The average molecular weight is 1240 g/mol. The molecule has 0 aromatic heterocycles. The molecular weight excluding hydrogens is 1110 g/mol. The molecule has 0 saturated heterocycles. The maximum atomic E-state index is 13.0. The fourth-order valence-electron chi connectivity index (χ4n) is 9.61. The molecular formula is C65H126O17P2. The van der Waals surface area contributed by atoms with Gasteiger partial charge < -0.3 is 33.8 Å². The van der Waals surface area contributed by atoms with Gasteiger partial charge in [0.1, 0.15) is 19.3 Å². The second kappa shape index (κ2) is 55.2. The van der Waals surface area contributed by atoms with Crippen LogP contribution < -0.4 is 0 Å². The van der Waals surface area contributed by atoms with Crippen molar-refractivity contribution >= 4 is 39.5 Å². The Morgan fingerprint density at radius 1 is 0.298 bits per heavy atom. The van der Waals surface area contributed by atoms with Gasteiger partial charge >= 0.3 is 39.5 Å². The van der Waals surface area contributed by atoms with E-state index in [9.17, 15) is 43.2 Å². The Labute approximate surface area is 511 Å². The molecule has 0 spiro atoms. The lowest BCUT2D eigenvalue weighted by Crippen LogP contribution is -2.30. The van der Waals surface area contributed by atoms with Crippen LogP contribution in [0.25, 0.3) is 0 Å². The number of carbonyl (C=O) groups is 4. The van der Waals surface area contributed by atoms with Crippen molar-refractivity contribution in [1.29, 1.82) is 0 Å². The van der Waals surface area contributed by atoms with Crippen molar-refractivity contribution in [1.82, 2.24) is 0 Å². The van der Waals surface area contributed by atoms with E-state index in [1.54, 1.807) is 0 Å². The van der Waals surface area contributed by atoms with Gasteiger partial charge in [-0.25, -0.2) is 9.13 Å². The quantitative estimate of drug-likeness (QED) is 0.0222. The molecule has 0 aliphatic heterocycles. The second-order valence-corrected chi connectivity index (χ2v) is 28.3. The van der Waals surface area contributed by atoms with Crippen LogP contribution >= 0.6 is 15.6 Å². The minimum Gasteiger partial charge on any atom is -0.462 e. The zero-order valence-electron chi connectivity index (χ0n) is 54.5. The molecule has 0 aliphatic carbocycles. The van der Waals surface area contributed by atoms with Crippen molar-refractivity contribution in [3.63, 3.8) is 0 Å². The molecule has 3 N–H and O–H groups in total. The van der Waals surface area contributed by atoms with Crippen molar-refractivity contribution in [3.05, 3.63) is 0 Å². The Bertz CT molecular complexity index is 1680. The predicted molar refractivity (Wildman–Crippen MR) is 335 cm³/mol. The Kier molecular flexibility index (Phi) is 53.9. The highest BCUT2D eigenvalue weighted by atomic mass is 31.2. The van der Waals surface area contributed by atoms with Crippen LogP contribution in [-0.4, -0.2) is 96.7 Å². The standard InChI is InChI=1S/C65H126O17P2/c1-55(2)41-33-25-17-12-9-10-14-20-29-37-45-62(67)75-51-60(82-65(70)48-40-32-22-16-19-27-35-43-57(5)6)53-79-83(71,72)77-49-59(66)50-78-84(73,74)80-54-61(52-76-63(68)46-38-30-24-23-28-36-44-58(7)8)81-64(69)47-39-31-21-15-11-13-18-26-34-42-56(3)4/h55-61,66H,9-54H2,1-8H3,(H,71,72)(H,73,74)/t59-,60-,61-/m1/s1. The maximum absolute atomic E-state index is 13.0. The van der Waals surface area contributed by atoms with Crippen molar-refractivity contribution in [2.24, 2.45) is 23.7 Å². The van der Waals surface area contributed by atoms with E-state index >= 15 is 0 Å². The van der Waals surface area contributed by atoms with Crippen LogP contribution in [0.1, 0.15) is 312 Å². The molecule has 0 aliphatic rings. The molecule has 19 heteroatoms. The Hall–Kier alpha value is -1.94. The van der Waals surface area contributed by atoms with Crippen LogP contribution in [0.5, 0.6) is 0 Å². The Balaban J connectivity index is 5.24. The molecule has 17 nitrogen and oxygen atoms in total. The number of ether oxygens (including phenoxy) is 4. The van der Waals surface area contributed by atoms with Gasteiger partial charge in [-0.15, -0.1) is 0 Å². The largest absolute Gasteiger partial charge is 0.472 e. The van der Waals surface area contributed by atoms with Gasteiger partial charge in [0.2, 0.25) is 0 Å². The maximum Gasteiger partial charge on any atom is 0.472 e. The van der Waals surface area contributed by atoms with Gasteiger partial charge in [0.15, 0.2) is 12.2 Å². The third-order valence-electron chi connectivity index (χ3n) is 14.8. The number of unbranched alkanes of at least 4 members (excludes halogenated alkanes) is 28. The van der Waals surface area contributed by atoms with E-state index in [2.05, 4.69) is 55.4 Å². The number of aliphatic hydroxyl groups is 1. The van der Waals surface area contributed by atoms with E-state index in [1.165, 1.54) is 109 Å². The monoisotopic (exact) mass is 1240 g/mol. The van der Waals surface area contributed by atoms with Gasteiger partial charge in [-0.05, 0) is 49.4 Å². The summed E-state index contributed by atoms with van der Waals surface area (Å²) in [5, 5.41) is 10.5. The van der Waals surface area contributed by atoms with Gasteiger partial charge in [0, 0.05) is 25.7 Å². The fourth-order valence-corrected chi connectivity index (χ4v) is 11.2. The summed E-state index contributed by atoms with van der Waals surface area (Å²) in [6.45, 7) is 13.9. The average Bonchev–Trinajstić information content (AvgIpc) is 3.54. The SMILES string of the molecule is CC(C)CCCCCCCCCCCCC(=O)OC[C@H](COP(=O)(O)OC[C@@H](O)COP(=O)(O)OC[C@@H](COC(=O)CCCCCCCCC(C)C)OC(=O)CCCCCCCCCCCC(C)C)OC(=O)CCCCCCCCCC(C)C. The minimum atomic E-state index is -4.95. The van der Waals surface area contributed by atoms with Gasteiger partial charge in [-0.3, -0.25) is 37.3 Å². The summed E-state index contributed by atoms with van der Waals surface area (Å²) < 4.78 is 68.0. The van der Waals surface area contributed by atoms with E-state index < -0.39 is 97.5 Å². The fraction of sp³-hybridized carbons (Fsp3) is 0.938. The molecule has 0 amide bonds. The number of hydrogen-bond donors (Lipinski definition) is 3. The van der Waals surface area contributed by atoms with Gasteiger partial charge in [-0.1, -0.05) is 261 Å². The van der Waals surface area contributed by atoms with Crippen molar-refractivity contribution in [2.45, 2.75) is 331 Å². The van der Waals surface area contributed by atoms with Crippen LogP contribution in [0.4, 0.5) is 0 Å².